The van der Waals surface area contributed by atoms with E-state index in [1.807, 2.05) is 12.1 Å². The molecule has 2 amide bonds. The highest BCUT2D eigenvalue weighted by Gasteiger charge is 2.35. The molecular formula is C28H32N2O8. The monoisotopic (exact) mass is 524 g/mol. The number of amides is 2. The van der Waals surface area contributed by atoms with Gasteiger partial charge in [0.1, 0.15) is 0 Å². The van der Waals surface area contributed by atoms with Crippen LogP contribution in [0.25, 0.3) is 11.1 Å². The topological polar surface area (TPSA) is 112 Å². The van der Waals surface area contributed by atoms with E-state index in [-0.39, 0.29) is 36.4 Å². The quantitative estimate of drug-likeness (QED) is 0.434. The number of carbonyl (C=O) groups excluding carboxylic acids is 4. The third-order valence-electron chi connectivity index (χ3n) is 6.96. The second kappa shape index (κ2) is 10.7. The lowest BCUT2D eigenvalue weighted by atomic mass is 9.84. The number of carbonyl (C=O) groups is 4. The van der Waals surface area contributed by atoms with Crippen molar-refractivity contribution in [3.05, 3.63) is 34.4 Å². The molecule has 10 heteroatoms. The van der Waals surface area contributed by atoms with Gasteiger partial charge in [0.05, 0.1) is 14.2 Å². The van der Waals surface area contributed by atoms with Crippen LogP contribution in [0.3, 0.4) is 0 Å². The first kappa shape index (κ1) is 27.0. The maximum Gasteiger partial charge on any atom is 0.308 e. The molecule has 2 aliphatic heterocycles. The number of hydrogen-bond acceptors (Lipinski definition) is 8. The van der Waals surface area contributed by atoms with Gasteiger partial charge < -0.3 is 28.7 Å². The lowest BCUT2D eigenvalue weighted by molar-refractivity contribution is -0.133. The second-order valence-corrected chi connectivity index (χ2v) is 9.41. The van der Waals surface area contributed by atoms with E-state index >= 15 is 0 Å². The molecule has 0 fully saturated rings. The molecule has 2 aromatic rings. The Morgan fingerprint density at radius 1 is 0.658 bits per heavy atom. The van der Waals surface area contributed by atoms with Gasteiger partial charge >= 0.3 is 11.9 Å². The van der Waals surface area contributed by atoms with Crippen LogP contribution in [0.4, 0.5) is 0 Å². The van der Waals surface area contributed by atoms with Gasteiger partial charge in [0, 0.05) is 65.0 Å². The van der Waals surface area contributed by atoms with Gasteiger partial charge in [-0.3, -0.25) is 19.2 Å². The molecule has 0 spiro atoms. The van der Waals surface area contributed by atoms with Crippen LogP contribution in [-0.2, 0) is 45.1 Å². The van der Waals surface area contributed by atoms with Crippen LogP contribution >= 0.6 is 0 Å². The van der Waals surface area contributed by atoms with Crippen molar-refractivity contribution in [2.75, 3.05) is 27.3 Å². The molecule has 0 aromatic heterocycles. The molecule has 2 aromatic carbocycles. The van der Waals surface area contributed by atoms with Gasteiger partial charge in [-0.05, 0) is 47.2 Å². The molecule has 0 N–H and O–H groups in total. The van der Waals surface area contributed by atoms with Crippen LogP contribution in [0, 0.1) is 0 Å². The summed E-state index contributed by atoms with van der Waals surface area (Å²) in [5.74, 6) is -0.380. The molecule has 38 heavy (non-hydrogen) atoms. The smallest absolute Gasteiger partial charge is 0.308 e. The summed E-state index contributed by atoms with van der Waals surface area (Å²) in [6.07, 6.45) is 1.10. The van der Waals surface area contributed by atoms with Gasteiger partial charge in [0.25, 0.3) is 0 Å². The summed E-state index contributed by atoms with van der Waals surface area (Å²) in [5.41, 5.74) is 4.25. The van der Waals surface area contributed by atoms with Crippen LogP contribution in [-0.4, -0.2) is 60.9 Å². The number of fused-ring (bicyclic) bond motifs is 2. The molecule has 0 aliphatic carbocycles. The fraction of sp³-hybridized carbons (Fsp3) is 0.429. The van der Waals surface area contributed by atoms with Crippen molar-refractivity contribution in [3.8, 4) is 34.1 Å². The Morgan fingerprint density at radius 3 is 1.32 bits per heavy atom. The zero-order valence-electron chi connectivity index (χ0n) is 22.6. The minimum atomic E-state index is -0.570. The Bertz CT molecular complexity index is 1230. The lowest BCUT2D eigenvalue weighted by Gasteiger charge is -2.34. The molecule has 202 valence electrons. The average Bonchev–Trinajstić information content (AvgIpc) is 2.87. The van der Waals surface area contributed by atoms with Crippen molar-refractivity contribution in [1.82, 2.24) is 9.80 Å². The molecule has 0 bridgehead atoms. The Labute approximate surface area is 221 Å². The van der Waals surface area contributed by atoms with Crippen molar-refractivity contribution in [3.63, 3.8) is 0 Å². The fourth-order valence-electron chi connectivity index (χ4n) is 5.18. The number of ether oxygens (including phenoxy) is 4. The van der Waals surface area contributed by atoms with Gasteiger partial charge in [0.2, 0.25) is 11.8 Å². The largest absolute Gasteiger partial charge is 0.493 e. The van der Waals surface area contributed by atoms with E-state index in [0.717, 1.165) is 22.3 Å². The molecule has 4 rings (SSSR count). The van der Waals surface area contributed by atoms with Crippen molar-refractivity contribution in [1.29, 1.82) is 0 Å². The SMILES string of the molecule is COc1cc2c(c(-c3c4c(cc(OC)c3OC(C)=O)CCN(C(C)=O)C4)c1OC(C)=O)CN(C(C)=O)CC2. The molecular weight excluding hydrogens is 492 g/mol. The number of nitrogens with zero attached hydrogens (tertiary/aromatic N) is 2. The molecule has 0 saturated heterocycles. The summed E-state index contributed by atoms with van der Waals surface area (Å²) in [6.45, 7) is 7.12. The number of rotatable bonds is 5. The highest BCUT2D eigenvalue weighted by atomic mass is 16.6. The van der Waals surface area contributed by atoms with Crippen LogP contribution in [0.1, 0.15) is 49.9 Å². The van der Waals surface area contributed by atoms with Crippen molar-refractivity contribution in [2.24, 2.45) is 0 Å². The highest BCUT2D eigenvalue weighted by Crippen LogP contribution is 2.52. The zero-order valence-corrected chi connectivity index (χ0v) is 22.6. The maximum atomic E-state index is 12.4. The molecule has 0 atom stereocenters. The van der Waals surface area contributed by atoms with Crippen LogP contribution < -0.4 is 18.9 Å². The lowest BCUT2D eigenvalue weighted by Crippen LogP contribution is -2.36. The molecule has 2 aliphatic rings. The first-order valence-corrected chi connectivity index (χ1v) is 12.4. The van der Waals surface area contributed by atoms with Crippen LogP contribution in [0.15, 0.2) is 12.1 Å². The molecule has 10 nitrogen and oxygen atoms in total. The number of methoxy groups -OCH3 is 2. The molecule has 0 radical (unpaired) electrons. The Hall–Kier alpha value is -4.08. The fourth-order valence-corrected chi connectivity index (χ4v) is 5.18. The van der Waals surface area contributed by atoms with Gasteiger partial charge in [-0.1, -0.05) is 0 Å². The minimum absolute atomic E-state index is 0.0953. The molecule has 2 heterocycles. The second-order valence-electron chi connectivity index (χ2n) is 9.41. The van der Waals surface area contributed by atoms with E-state index in [4.69, 9.17) is 18.9 Å². The maximum absolute atomic E-state index is 12.4. The first-order valence-electron chi connectivity index (χ1n) is 12.4. The predicted octanol–water partition coefficient (Wildman–Crippen LogP) is 3.03. The summed E-state index contributed by atoms with van der Waals surface area (Å²) < 4.78 is 22.8. The first-order chi connectivity index (χ1) is 18.0. The normalized spacial score (nSPS) is 14.3. The Morgan fingerprint density at radius 2 is 1.03 bits per heavy atom. The van der Waals surface area contributed by atoms with Gasteiger partial charge in [-0.2, -0.15) is 0 Å². The van der Waals surface area contributed by atoms with Crippen LogP contribution in [0.5, 0.6) is 23.0 Å². The molecule has 0 unspecified atom stereocenters. The van der Waals surface area contributed by atoms with Crippen molar-refractivity contribution < 1.29 is 38.1 Å². The third-order valence-corrected chi connectivity index (χ3v) is 6.96. The third kappa shape index (κ3) is 5.03. The summed E-state index contributed by atoms with van der Waals surface area (Å²) in [4.78, 5) is 52.8. The summed E-state index contributed by atoms with van der Waals surface area (Å²) in [6, 6.07) is 3.63. The number of esters is 2. The van der Waals surface area contributed by atoms with Crippen LogP contribution in [0.2, 0.25) is 0 Å². The van der Waals surface area contributed by atoms with E-state index in [9.17, 15) is 19.2 Å². The summed E-state index contributed by atoms with van der Waals surface area (Å²) >= 11 is 0. The highest BCUT2D eigenvalue weighted by molar-refractivity contribution is 5.91. The zero-order chi connectivity index (χ0) is 27.7. The number of benzene rings is 2. The van der Waals surface area contributed by atoms with Gasteiger partial charge in [-0.15, -0.1) is 0 Å². The van der Waals surface area contributed by atoms with Gasteiger partial charge in [0.15, 0.2) is 23.0 Å². The summed E-state index contributed by atoms with van der Waals surface area (Å²) in [5, 5.41) is 0. The minimum Gasteiger partial charge on any atom is -0.493 e. The van der Waals surface area contributed by atoms with E-state index in [0.29, 0.717) is 48.6 Å². The van der Waals surface area contributed by atoms with E-state index in [1.54, 1.807) is 9.80 Å². The standard InChI is InChI=1S/C28H32N2O8/c1-15(31)29-9-7-19-11-23(35-5)27(37-17(3)33)25(21(19)13-29)26-22-14-30(16(2)32)10-8-20(22)12-24(36-6)28(26)38-18(4)34/h11-12H,7-10,13-14H2,1-6H3. The van der Waals surface area contributed by atoms with Crippen molar-refractivity contribution >= 4 is 23.8 Å². The molecule has 0 saturated carbocycles. The van der Waals surface area contributed by atoms with E-state index in [1.165, 1.54) is 41.9 Å². The van der Waals surface area contributed by atoms with E-state index in [2.05, 4.69) is 0 Å². The Balaban J connectivity index is 2.16. The Kier molecular flexibility index (Phi) is 7.61. The number of hydrogen-bond donors (Lipinski definition) is 0. The van der Waals surface area contributed by atoms with E-state index < -0.39 is 11.9 Å². The van der Waals surface area contributed by atoms with Gasteiger partial charge in [-0.25, -0.2) is 0 Å². The van der Waals surface area contributed by atoms with Crippen molar-refractivity contribution in [2.45, 2.75) is 53.6 Å². The predicted molar refractivity (Wildman–Crippen MR) is 137 cm³/mol. The average molecular weight is 525 g/mol. The summed E-state index contributed by atoms with van der Waals surface area (Å²) in [7, 11) is 2.96.